The predicted octanol–water partition coefficient (Wildman–Crippen LogP) is 2.73. The molecule has 1 N–H and O–H groups in total. The number of nitrogens with zero attached hydrogens (tertiary/aromatic N) is 2. The first-order valence-corrected chi connectivity index (χ1v) is 5.40. The van der Waals surface area contributed by atoms with Gasteiger partial charge in [-0.3, -0.25) is 20.2 Å². The number of hydrogen-bond donors (Lipinski definition) is 1. The summed E-state index contributed by atoms with van der Waals surface area (Å²) in [4.78, 5) is 30.3. The molecule has 8 nitrogen and oxygen atoms in total. The van der Waals surface area contributed by atoms with E-state index in [1.165, 1.54) is 0 Å². The highest BCUT2D eigenvalue weighted by atomic mass is 79.9. The molecule has 0 heterocycles. The van der Waals surface area contributed by atoms with Crippen LogP contribution in [0.5, 0.6) is 0 Å². The number of carbonyl (C=O) groups is 1. The van der Waals surface area contributed by atoms with Crippen LogP contribution in [-0.2, 0) is 0 Å². The van der Waals surface area contributed by atoms with E-state index < -0.39 is 37.2 Å². The van der Waals surface area contributed by atoms with E-state index in [0.29, 0.717) is 0 Å². The second-order valence-electron chi connectivity index (χ2n) is 2.74. The molecule has 0 aliphatic carbocycles. The van der Waals surface area contributed by atoms with Crippen molar-refractivity contribution in [2.75, 3.05) is 0 Å². The van der Waals surface area contributed by atoms with Crippen molar-refractivity contribution in [3.63, 3.8) is 0 Å². The van der Waals surface area contributed by atoms with Crippen LogP contribution in [0.1, 0.15) is 10.4 Å². The molecule has 0 saturated carbocycles. The molecule has 0 amide bonds. The number of rotatable bonds is 3. The van der Waals surface area contributed by atoms with Gasteiger partial charge in [-0.25, -0.2) is 4.79 Å². The monoisotopic (exact) mass is 368 g/mol. The fourth-order valence-corrected chi connectivity index (χ4v) is 2.66. The number of hydrogen-bond acceptors (Lipinski definition) is 5. The number of carboxylic acids is 1. The van der Waals surface area contributed by atoms with Crippen LogP contribution in [0.2, 0.25) is 0 Å². The molecule has 0 radical (unpaired) electrons. The molecule has 0 aliphatic heterocycles. The lowest BCUT2D eigenvalue weighted by Gasteiger charge is -2.03. The number of benzene rings is 1. The molecule has 1 rings (SSSR count). The number of carboxylic acid groups (broad SMARTS) is 1. The van der Waals surface area contributed by atoms with Crippen LogP contribution in [0.3, 0.4) is 0 Å². The van der Waals surface area contributed by atoms with Gasteiger partial charge in [-0.15, -0.1) is 0 Å². The van der Waals surface area contributed by atoms with Crippen molar-refractivity contribution >= 4 is 49.2 Å². The van der Waals surface area contributed by atoms with Gasteiger partial charge in [0.2, 0.25) is 0 Å². The summed E-state index contributed by atoms with van der Waals surface area (Å²) < 4.78 is -0.642. The van der Waals surface area contributed by atoms with Gasteiger partial charge in [0.1, 0.15) is 5.56 Å². The average Bonchev–Trinajstić information content (AvgIpc) is 2.14. The van der Waals surface area contributed by atoms with Crippen LogP contribution in [0, 0.1) is 20.2 Å². The smallest absolute Gasteiger partial charge is 0.342 e. The second kappa shape index (κ2) is 4.75. The average molecular weight is 370 g/mol. The molecule has 0 aliphatic rings. The molecule has 0 spiro atoms. The van der Waals surface area contributed by atoms with Gasteiger partial charge in [0.05, 0.1) is 14.3 Å². The van der Waals surface area contributed by atoms with Gasteiger partial charge >= 0.3 is 17.3 Å². The summed E-state index contributed by atoms with van der Waals surface area (Å²) >= 11 is 5.47. The molecule has 90 valence electrons. The maximum absolute atomic E-state index is 10.8. The van der Waals surface area contributed by atoms with E-state index in [2.05, 4.69) is 31.9 Å². The fourth-order valence-electron chi connectivity index (χ4n) is 1.11. The minimum atomic E-state index is -1.55. The molecule has 17 heavy (non-hydrogen) atoms. The summed E-state index contributed by atoms with van der Waals surface area (Å²) in [6.07, 6.45) is 0. The van der Waals surface area contributed by atoms with Crippen LogP contribution in [-0.4, -0.2) is 20.9 Å². The van der Waals surface area contributed by atoms with Crippen LogP contribution in [0.15, 0.2) is 15.0 Å². The summed E-state index contributed by atoms with van der Waals surface area (Å²) in [5.74, 6) is -1.55. The van der Waals surface area contributed by atoms with Gasteiger partial charge in [-0.2, -0.15) is 0 Å². The molecule has 0 unspecified atom stereocenters. The molecule has 1 aromatic rings. The van der Waals surface area contributed by atoms with Crippen molar-refractivity contribution in [3.8, 4) is 0 Å². The number of nitro benzene ring substituents is 2. The highest BCUT2D eigenvalue weighted by Crippen LogP contribution is 2.41. The summed E-state index contributed by atoms with van der Waals surface area (Å²) in [5, 5.41) is 30.2. The Hall–Kier alpha value is -1.55. The molecule has 0 atom stereocenters. The van der Waals surface area contributed by atoms with Gasteiger partial charge < -0.3 is 5.11 Å². The van der Waals surface area contributed by atoms with E-state index in [0.717, 1.165) is 6.07 Å². The Morgan fingerprint density at radius 1 is 1.18 bits per heavy atom. The van der Waals surface area contributed by atoms with E-state index in [1.807, 2.05) is 0 Å². The van der Waals surface area contributed by atoms with E-state index in [9.17, 15) is 25.0 Å². The summed E-state index contributed by atoms with van der Waals surface area (Å²) in [6, 6.07) is 0.823. The predicted molar refractivity (Wildman–Crippen MR) is 62.1 cm³/mol. The van der Waals surface area contributed by atoms with Gasteiger partial charge in [-0.05, 0) is 37.9 Å². The van der Waals surface area contributed by atoms with E-state index in [4.69, 9.17) is 5.11 Å². The van der Waals surface area contributed by atoms with Crippen LogP contribution >= 0.6 is 31.9 Å². The fraction of sp³-hybridized carbons (Fsp3) is 0. The van der Waals surface area contributed by atoms with Crippen molar-refractivity contribution in [2.45, 2.75) is 0 Å². The highest BCUT2D eigenvalue weighted by molar-refractivity contribution is 9.11. The summed E-state index contributed by atoms with van der Waals surface area (Å²) in [5.41, 5.74) is -2.09. The van der Waals surface area contributed by atoms with Gasteiger partial charge in [0, 0.05) is 0 Å². The number of nitro groups is 2. The summed E-state index contributed by atoms with van der Waals surface area (Å²) in [6.45, 7) is 0. The first-order valence-electron chi connectivity index (χ1n) is 3.81. The minimum Gasteiger partial charge on any atom is -0.477 e. The zero-order chi connectivity index (χ0) is 13.3. The lowest BCUT2D eigenvalue weighted by atomic mass is 10.1. The first kappa shape index (κ1) is 13.5. The number of aromatic carboxylic acids is 1. The molecular formula is C7H2Br2N2O6. The molecule has 0 fully saturated rings. The van der Waals surface area contributed by atoms with Crippen LogP contribution < -0.4 is 0 Å². The Morgan fingerprint density at radius 2 is 1.65 bits per heavy atom. The van der Waals surface area contributed by atoms with Crippen molar-refractivity contribution in [1.29, 1.82) is 0 Å². The third-order valence-electron chi connectivity index (χ3n) is 1.76. The second-order valence-corrected chi connectivity index (χ2v) is 4.38. The van der Waals surface area contributed by atoms with Crippen molar-refractivity contribution in [2.24, 2.45) is 0 Å². The van der Waals surface area contributed by atoms with Crippen molar-refractivity contribution in [3.05, 3.63) is 40.8 Å². The maximum Gasteiger partial charge on any atom is 0.342 e. The normalized spacial score (nSPS) is 10.0. The van der Waals surface area contributed by atoms with Gasteiger partial charge in [0.15, 0.2) is 4.47 Å². The Bertz CT molecular complexity index is 544. The largest absolute Gasteiger partial charge is 0.477 e. The van der Waals surface area contributed by atoms with Gasteiger partial charge in [-0.1, -0.05) is 0 Å². The van der Waals surface area contributed by atoms with E-state index in [-0.39, 0.29) is 4.47 Å². The quantitative estimate of drug-likeness (QED) is 0.645. The highest BCUT2D eigenvalue weighted by Gasteiger charge is 2.33. The zero-order valence-electron chi connectivity index (χ0n) is 7.72. The third-order valence-corrected chi connectivity index (χ3v) is 3.12. The molecule has 10 heteroatoms. The first-order chi connectivity index (χ1) is 7.77. The Labute approximate surface area is 110 Å². The zero-order valence-corrected chi connectivity index (χ0v) is 10.9. The van der Waals surface area contributed by atoms with Crippen LogP contribution in [0.4, 0.5) is 11.4 Å². The molecule has 0 saturated heterocycles. The lowest BCUT2D eigenvalue weighted by molar-refractivity contribution is -0.396. The minimum absolute atomic E-state index is 0.155. The lowest BCUT2D eigenvalue weighted by Crippen LogP contribution is -2.05. The van der Waals surface area contributed by atoms with E-state index in [1.54, 1.807) is 0 Å². The van der Waals surface area contributed by atoms with Crippen LogP contribution in [0.25, 0.3) is 0 Å². The Morgan fingerprint density at radius 3 is 2.00 bits per heavy atom. The summed E-state index contributed by atoms with van der Waals surface area (Å²) in [7, 11) is 0. The molecule has 0 bridgehead atoms. The Kier molecular flexibility index (Phi) is 3.78. The molecule has 0 aromatic heterocycles. The molecular weight excluding hydrogens is 368 g/mol. The SMILES string of the molecule is O=C(O)c1cc(Br)c([N+](=O)[O-])c(Br)c1[N+](=O)[O-]. The standard InChI is InChI=1S/C7H2Br2N2O6/c8-3-1-2(7(12)13)5(10(14)15)4(9)6(3)11(16)17/h1H,(H,12,13). The maximum atomic E-state index is 10.8. The molecule has 1 aromatic carbocycles. The third kappa shape index (κ3) is 2.42. The van der Waals surface area contributed by atoms with Crippen molar-refractivity contribution in [1.82, 2.24) is 0 Å². The van der Waals surface area contributed by atoms with Gasteiger partial charge in [0.25, 0.3) is 0 Å². The Balaban J connectivity index is 3.76. The topological polar surface area (TPSA) is 124 Å². The van der Waals surface area contributed by atoms with E-state index >= 15 is 0 Å². The number of halogens is 2. The van der Waals surface area contributed by atoms with Crippen molar-refractivity contribution < 1.29 is 19.7 Å².